The van der Waals surface area contributed by atoms with Crippen LogP contribution in [0, 0.1) is 0 Å². The van der Waals surface area contributed by atoms with Gasteiger partial charge in [-0.05, 0) is 101 Å². The molecule has 12 rings (SSSR count). The monoisotopic (exact) mass is 725 g/mol. The standard InChI is InChI=1S/C54H35N3/c1-4-14-36(15-5-1)37-24-28-42(29-25-37)55-48-22-12-10-20-43(48)46-34-38(26-31-50(46)55)39-27-32-51-47(35-39)44-30-33-52-53(54(44)57(51)41-18-8-3-9-19-41)45-21-11-13-23-49(45)56(52)40-16-6-2-7-17-40/h1-35H. The van der Waals surface area contributed by atoms with Crippen LogP contribution in [0.2, 0.25) is 0 Å². The van der Waals surface area contributed by atoms with E-state index in [1.165, 1.54) is 87.7 Å². The molecule has 0 aliphatic rings. The summed E-state index contributed by atoms with van der Waals surface area (Å²) >= 11 is 0. The first-order valence-corrected chi connectivity index (χ1v) is 19.6. The van der Waals surface area contributed by atoms with Crippen molar-refractivity contribution in [3.63, 3.8) is 0 Å². The molecule has 9 aromatic carbocycles. The zero-order chi connectivity index (χ0) is 37.5. The lowest BCUT2D eigenvalue weighted by Gasteiger charge is -2.10. The SMILES string of the molecule is c1ccc(-c2ccc(-n3c4ccccc4c4cc(-c5ccc6c(c5)c5ccc7c(c8ccccc8n7-c7ccccc7)c5n6-c5ccccc5)ccc43)cc2)cc1. The number of hydrogen-bond acceptors (Lipinski definition) is 0. The fraction of sp³-hybridized carbons (Fsp3) is 0. The van der Waals surface area contributed by atoms with Gasteiger partial charge in [0, 0.05) is 49.4 Å². The molecule has 0 atom stereocenters. The van der Waals surface area contributed by atoms with Crippen molar-refractivity contribution in [2.24, 2.45) is 0 Å². The van der Waals surface area contributed by atoms with Crippen LogP contribution in [0.1, 0.15) is 0 Å². The lowest BCUT2D eigenvalue weighted by Crippen LogP contribution is -1.95. The van der Waals surface area contributed by atoms with Crippen molar-refractivity contribution in [1.82, 2.24) is 13.7 Å². The lowest BCUT2D eigenvalue weighted by molar-refractivity contribution is 1.17. The highest BCUT2D eigenvalue weighted by Crippen LogP contribution is 2.43. The highest BCUT2D eigenvalue weighted by molar-refractivity contribution is 6.26. The zero-order valence-corrected chi connectivity index (χ0v) is 31.0. The van der Waals surface area contributed by atoms with Crippen molar-refractivity contribution in [1.29, 1.82) is 0 Å². The van der Waals surface area contributed by atoms with Gasteiger partial charge in [0.2, 0.25) is 0 Å². The van der Waals surface area contributed by atoms with E-state index >= 15 is 0 Å². The second kappa shape index (κ2) is 12.5. The Morgan fingerprint density at radius 2 is 0.649 bits per heavy atom. The van der Waals surface area contributed by atoms with Gasteiger partial charge in [0.05, 0.1) is 33.1 Å². The van der Waals surface area contributed by atoms with Gasteiger partial charge in [0.25, 0.3) is 0 Å². The maximum Gasteiger partial charge on any atom is 0.0641 e. The third-order valence-electron chi connectivity index (χ3n) is 11.8. The first kappa shape index (κ1) is 31.7. The van der Waals surface area contributed by atoms with Crippen molar-refractivity contribution >= 4 is 65.4 Å². The van der Waals surface area contributed by atoms with Gasteiger partial charge in [-0.3, -0.25) is 0 Å². The van der Waals surface area contributed by atoms with E-state index in [0.717, 1.165) is 17.1 Å². The largest absolute Gasteiger partial charge is 0.309 e. The van der Waals surface area contributed by atoms with Gasteiger partial charge in [-0.1, -0.05) is 133 Å². The minimum absolute atomic E-state index is 1.15. The predicted molar refractivity (Wildman–Crippen MR) is 240 cm³/mol. The van der Waals surface area contributed by atoms with Crippen molar-refractivity contribution in [3.05, 3.63) is 212 Å². The molecule has 0 radical (unpaired) electrons. The van der Waals surface area contributed by atoms with Crippen LogP contribution in [0.25, 0.3) is 105 Å². The van der Waals surface area contributed by atoms with E-state index < -0.39 is 0 Å². The zero-order valence-electron chi connectivity index (χ0n) is 31.0. The molecule has 57 heavy (non-hydrogen) atoms. The predicted octanol–water partition coefficient (Wildman–Crippen LogP) is 14.3. The molecule has 12 aromatic rings. The average Bonchev–Trinajstić information content (AvgIpc) is 3.92. The molecule has 0 saturated carbocycles. The summed E-state index contributed by atoms with van der Waals surface area (Å²) < 4.78 is 7.28. The minimum atomic E-state index is 1.15. The Bertz CT molecular complexity index is 3480. The molecule has 0 bridgehead atoms. The number of fused-ring (bicyclic) bond motifs is 10. The first-order valence-electron chi connectivity index (χ1n) is 19.6. The smallest absolute Gasteiger partial charge is 0.0641 e. The van der Waals surface area contributed by atoms with E-state index in [1.807, 2.05) is 0 Å². The van der Waals surface area contributed by atoms with Crippen molar-refractivity contribution in [3.8, 4) is 39.3 Å². The summed E-state index contributed by atoms with van der Waals surface area (Å²) in [5.74, 6) is 0. The normalized spacial score (nSPS) is 11.9. The second-order valence-corrected chi connectivity index (χ2v) is 14.9. The van der Waals surface area contributed by atoms with E-state index in [0.29, 0.717) is 0 Å². The summed E-state index contributed by atoms with van der Waals surface area (Å²) in [6.45, 7) is 0. The molecule has 0 amide bonds. The molecule has 0 fully saturated rings. The van der Waals surface area contributed by atoms with Gasteiger partial charge in [-0.25, -0.2) is 0 Å². The van der Waals surface area contributed by atoms with Crippen LogP contribution in [0.15, 0.2) is 212 Å². The van der Waals surface area contributed by atoms with E-state index in [4.69, 9.17) is 0 Å². The van der Waals surface area contributed by atoms with Crippen LogP contribution in [0.3, 0.4) is 0 Å². The molecule has 3 aromatic heterocycles. The molecule has 0 aliphatic heterocycles. The Hall–Kier alpha value is -7.62. The van der Waals surface area contributed by atoms with Gasteiger partial charge in [-0.2, -0.15) is 0 Å². The Morgan fingerprint density at radius 3 is 1.32 bits per heavy atom. The molecule has 0 N–H and O–H groups in total. The number of hydrogen-bond donors (Lipinski definition) is 0. The second-order valence-electron chi connectivity index (χ2n) is 14.9. The van der Waals surface area contributed by atoms with Crippen LogP contribution in [-0.2, 0) is 0 Å². The van der Waals surface area contributed by atoms with Gasteiger partial charge < -0.3 is 13.7 Å². The van der Waals surface area contributed by atoms with Gasteiger partial charge in [0.15, 0.2) is 0 Å². The number of para-hydroxylation sites is 4. The van der Waals surface area contributed by atoms with E-state index in [1.54, 1.807) is 0 Å². The fourth-order valence-corrected chi connectivity index (χ4v) is 9.30. The molecule has 3 heteroatoms. The summed E-state index contributed by atoms with van der Waals surface area (Å²) in [5.41, 5.74) is 15.6. The molecule has 3 nitrogen and oxygen atoms in total. The van der Waals surface area contributed by atoms with Crippen molar-refractivity contribution in [2.75, 3.05) is 0 Å². The highest BCUT2D eigenvalue weighted by atomic mass is 15.0. The molecular formula is C54H35N3. The molecule has 266 valence electrons. The quantitative estimate of drug-likeness (QED) is 0.168. The minimum Gasteiger partial charge on any atom is -0.309 e. The Morgan fingerprint density at radius 1 is 0.228 bits per heavy atom. The van der Waals surface area contributed by atoms with Crippen molar-refractivity contribution in [2.45, 2.75) is 0 Å². The average molecular weight is 726 g/mol. The number of nitrogens with zero attached hydrogens (tertiary/aromatic N) is 3. The van der Waals surface area contributed by atoms with Crippen LogP contribution < -0.4 is 0 Å². The number of rotatable bonds is 5. The van der Waals surface area contributed by atoms with E-state index in [9.17, 15) is 0 Å². The third kappa shape index (κ3) is 4.79. The summed E-state index contributed by atoms with van der Waals surface area (Å²) in [6.07, 6.45) is 0. The summed E-state index contributed by atoms with van der Waals surface area (Å²) in [4.78, 5) is 0. The maximum atomic E-state index is 2.47. The third-order valence-corrected chi connectivity index (χ3v) is 11.8. The van der Waals surface area contributed by atoms with E-state index in [2.05, 4.69) is 226 Å². The lowest BCUT2D eigenvalue weighted by atomic mass is 10.00. The van der Waals surface area contributed by atoms with E-state index in [-0.39, 0.29) is 0 Å². The first-order chi connectivity index (χ1) is 28.3. The molecule has 3 heterocycles. The summed E-state index contributed by atoms with van der Waals surface area (Å²) in [7, 11) is 0. The maximum absolute atomic E-state index is 2.47. The van der Waals surface area contributed by atoms with Gasteiger partial charge in [0.1, 0.15) is 0 Å². The Balaban J connectivity index is 1.07. The fourth-order valence-electron chi connectivity index (χ4n) is 9.30. The summed E-state index contributed by atoms with van der Waals surface area (Å²) in [5, 5.41) is 7.50. The Labute approximate surface area is 329 Å². The van der Waals surface area contributed by atoms with Crippen LogP contribution >= 0.6 is 0 Å². The van der Waals surface area contributed by atoms with Crippen LogP contribution in [-0.4, -0.2) is 13.7 Å². The summed E-state index contributed by atoms with van der Waals surface area (Å²) in [6, 6.07) is 77.3. The molecule has 0 spiro atoms. The van der Waals surface area contributed by atoms with Gasteiger partial charge >= 0.3 is 0 Å². The molecular weight excluding hydrogens is 691 g/mol. The Kier molecular flexibility index (Phi) is 6.93. The molecule has 0 aliphatic carbocycles. The van der Waals surface area contributed by atoms with Crippen molar-refractivity contribution < 1.29 is 0 Å². The van der Waals surface area contributed by atoms with Gasteiger partial charge in [-0.15, -0.1) is 0 Å². The van der Waals surface area contributed by atoms with Crippen LogP contribution in [0.4, 0.5) is 0 Å². The number of benzene rings is 9. The van der Waals surface area contributed by atoms with Crippen LogP contribution in [0.5, 0.6) is 0 Å². The molecule has 0 saturated heterocycles. The topological polar surface area (TPSA) is 14.8 Å². The number of aromatic nitrogens is 3. The highest BCUT2D eigenvalue weighted by Gasteiger charge is 2.21. The molecule has 0 unspecified atom stereocenters.